The Balaban J connectivity index is 2.16. The van der Waals surface area contributed by atoms with Crippen LogP contribution in [0.3, 0.4) is 0 Å². The number of carboxylic acids is 1. The van der Waals surface area contributed by atoms with Crippen molar-refractivity contribution in [1.29, 1.82) is 0 Å². The van der Waals surface area contributed by atoms with Crippen molar-refractivity contribution in [3.63, 3.8) is 0 Å². The lowest BCUT2D eigenvalue weighted by molar-refractivity contribution is 0.0690. The van der Waals surface area contributed by atoms with Gasteiger partial charge in [0.2, 0.25) is 5.95 Å². The van der Waals surface area contributed by atoms with Gasteiger partial charge in [0.1, 0.15) is 0 Å². The molecule has 0 amide bonds. The number of nitrogens with one attached hydrogen (secondary N) is 1. The highest BCUT2D eigenvalue weighted by Gasteiger charge is 2.08. The van der Waals surface area contributed by atoms with E-state index in [0.717, 1.165) is 10.0 Å². The smallest absolute Gasteiger partial charge is 0.354 e. The molecule has 2 aromatic rings. The van der Waals surface area contributed by atoms with Gasteiger partial charge in [-0.25, -0.2) is 14.8 Å². The largest absolute Gasteiger partial charge is 0.477 e. The summed E-state index contributed by atoms with van der Waals surface area (Å²) in [6, 6.07) is 9.20. The second kappa shape index (κ2) is 5.79. The van der Waals surface area contributed by atoms with Crippen LogP contribution in [0.5, 0.6) is 0 Å². The minimum Gasteiger partial charge on any atom is -0.477 e. The Bertz CT molecular complexity index is 617. The first-order valence-corrected chi connectivity index (χ1v) is 6.42. The summed E-state index contributed by atoms with van der Waals surface area (Å²) in [5.74, 6) is -0.748. The van der Waals surface area contributed by atoms with Crippen LogP contribution in [0.1, 0.15) is 21.7 Å². The average Bonchev–Trinajstić information content (AvgIpc) is 2.37. The first-order valence-electron chi connectivity index (χ1n) is 5.62. The molecule has 1 aromatic heterocycles. The molecule has 6 heteroatoms. The molecule has 0 aliphatic carbocycles. The van der Waals surface area contributed by atoms with E-state index in [1.165, 1.54) is 6.07 Å². The van der Waals surface area contributed by atoms with Gasteiger partial charge >= 0.3 is 5.97 Å². The zero-order valence-corrected chi connectivity index (χ0v) is 11.8. The van der Waals surface area contributed by atoms with Gasteiger partial charge in [-0.15, -0.1) is 0 Å². The number of halogens is 1. The lowest BCUT2D eigenvalue weighted by Crippen LogP contribution is -2.09. The monoisotopic (exact) mass is 321 g/mol. The number of nitrogens with zero attached hydrogens (tertiary/aromatic N) is 2. The third-order valence-corrected chi connectivity index (χ3v) is 3.24. The molecule has 5 nitrogen and oxygen atoms in total. The molecular formula is C13H12BrN3O2. The molecular weight excluding hydrogens is 310 g/mol. The van der Waals surface area contributed by atoms with Crippen molar-refractivity contribution in [3.8, 4) is 0 Å². The molecule has 2 rings (SSSR count). The standard InChI is InChI=1S/C13H12BrN3O2/c1-8-6-11(12(18)19)17-13(16-8)15-7-9-4-2-3-5-10(9)14/h2-6H,7H2,1H3,(H,18,19)(H,15,16,17). The minimum atomic E-state index is -1.06. The van der Waals surface area contributed by atoms with Crippen LogP contribution in [0.2, 0.25) is 0 Å². The first kappa shape index (κ1) is 13.5. The summed E-state index contributed by atoms with van der Waals surface area (Å²) in [5.41, 5.74) is 1.65. The Morgan fingerprint density at radius 1 is 1.37 bits per heavy atom. The molecule has 0 aliphatic heterocycles. The van der Waals surface area contributed by atoms with Crippen molar-refractivity contribution in [2.75, 3.05) is 5.32 Å². The summed E-state index contributed by atoms with van der Waals surface area (Å²) < 4.78 is 0.980. The predicted molar refractivity (Wildman–Crippen MR) is 75.2 cm³/mol. The second-order valence-electron chi connectivity index (χ2n) is 3.97. The molecule has 0 spiro atoms. The van der Waals surface area contributed by atoms with Crippen LogP contribution in [0.4, 0.5) is 5.95 Å². The molecule has 1 aromatic carbocycles. The van der Waals surface area contributed by atoms with Gasteiger partial charge in [-0.1, -0.05) is 34.1 Å². The second-order valence-corrected chi connectivity index (χ2v) is 4.82. The van der Waals surface area contributed by atoms with Gasteiger partial charge in [0, 0.05) is 16.7 Å². The number of hydrogen-bond donors (Lipinski definition) is 2. The summed E-state index contributed by atoms with van der Waals surface area (Å²) in [6.07, 6.45) is 0. The first-order chi connectivity index (χ1) is 9.06. The number of benzene rings is 1. The van der Waals surface area contributed by atoms with Crippen molar-refractivity contribution >= 4 is 27.8 Å². The van der Waals surface area contributed by atoms with E-state index in [2.05, 4.69) is 31.2 Å². The molecule has 1 heterocycles. The van der Waals surface area contributed by atoms with Crippen molar-refractivity contribution in [2.45, 2.75) is 13.5 Å². The summed E-state index contributed by atoms with van der Waals surface area (Å²) >= 11 is 3.45. The normalized spacial score (nSPS) is 10.2. The fourth-order valence-electron chi connectivity index (χ4n) is 1.57. The molecule has 0 saturated heterocycles. The third kappa shape index (κ3) is 3.51. The maximum atomic E-state index is 10.9. The minimum absolute atomic E-state index is 0.0119. The van der Waals surface area contributed by atoms with Crippen molar-refractivity contribution < 1.29 is 9.90 Å². The van der Waals surface area contributed by atoms with Crippen LogP contribution in [0.25, 0.3) is 0 Å². The highest BCUT2D eigenvalue weighted by molar-refractivity contribution is 9.10. The van der Waals surface area contributed by atoms with Gasteiger partial charge < -0.3 is 10.4 Å². The predicted octanol–water partition coefficient (Wildman–Crippen LogP) is 2.86. The van der Waals surface area contributed by atoms with E-state index < -0.39 is 5.97 Å². The fourth-order valence-corrected chi connectivity index (χ4v) is 2.00. The van der Waals surface area contributed by atoms with Crippen molar-refractivity contribution in [3.05, 3.63) is 51.8 Å². The summed E-state index contributed by atoms with van der Waals surface area (Å²) in [7, 11) is 0. The van der Waals surface area contributed by atoms with E-state index in [1.54, 1.807) is 6.92 Å². The number of carboxylic acid groups (broad SMARTS) is 1. The molecule has 0 radical (unpaired) electrons. The highest BCUT2D eigenvalue weighted by atomic mass is 79.9. The lowest BCUT2D eigenvalue weighted by Gasteiger charge is -2.08. The molecule has 0 aliphatic rings. The number of aromatic carboxylic acids is 1. The van der Waals surface area contributed by atoms with E-state index in [-0.39, 0.29) is 5.69 Å². The molecule has 0 saturated carbocycles. The maximum Gasteiger partial charge on any atom is 0.354 e. The Morgan fingerprint density at radius 3 is 2.79 bits per heavy atom. The van der Waals surface area contributed by atoms with E-state index in [0.29, 0.717) is 18.2 Å². The number of aryl methyl sites for hydroxylation is 1. The van der Waals surface area contributed by atoms with Crippen molar-refractivity contribution in [1.82, 2.24) is 9.97 Å². The third-order valence-electron chi connectivity index (χ3n) is 2.47. The zero-order chi connectivity index (χ0) is 13.8. The van der Waals surface area contributed by atoms with E-state index in [1.807, 2.05) is 24.3 Å². The quantitative estimate of drug-likeness (QED) is 0.905. The number of aromatic nitrogens is 2. The molecule has 0 unspecified atom stereocenters. The summed E-state index contributed by atoms with van der Waals surface area (Å²) in [6.45, 7) is 2.25. The Kier molecular flexibility index (Phi) is 4.11. The number of carbonyl (C=O) groups is 1. The van der Waals surface area contributed by atoms with Crippen molar-refractivity contribution in [2.24, 2.45) is 0 Å². The molecule has 98 valence electrons. The van der Waals surface area contributed by atoms with Crippen LogP contribution < -0.4 is 5.32 Å². The Morgan fingerprint density at radius 2 is 2.11 bits per heavy atom. The Labute approximate surface area is 118 Å². The molecule has 0 bridgehead atoms. The Hall–Kier alpha value is -1.95. The molecule has 0 fully saturated rings. The zero-order valence-electron chi connectivity index (χ0n) is 10.2. The topological polar surface area (TPSA) is 75.1 Å². The van der Waals surface area contributed by atoms with Crippen LogP contribution in [0, 0.1) is 6.92 Å². The van der Waals surface area contributed by atoms with Gasteiger partial charge in [-0.3, -0.25) is 0 Å². The fraction of sp³-hybridized carbons (Fsp3) is 0.154. The highest BCUT2D eigenvalue weighted by Crippen LogP contribution is 2.16. The van der Waals surface area contributed by atoms with E-state index >= 15 is 0 Å². The molecule has 19 heavy (non-hydrogen) atoms. The lowest BCUT2D eigenvalue weighted by atomic mass is 10.2. The summed E-state index contributed by atoms with van der Waals surface area (Å²) in [5, 5.41) is 12.0. The molecule has 0 atom stereocenters. The van der Waals surface area contributed by atoms with E-state index in [9.17, 15) is 4.79 Å². The summed E-state index contributed by atoms with van der Waals surface area (Å²) in [4.78, 5) is 19.0. The van der Waals surface area contributed by atoms with Gasteiger partial charge in [-0.2, -0.15) is 0 Å². The average molecular weight is 322 g/mol. The van der Waals surface area contributed by atoms with Gasteiger partial charge in [-0.05, 0) is 24.6 Å². The maximum absolute atomic E-state index is 10.9. The molecule has 2 N–H and O–H groups in total. The van der Waals surface area contributed by atoms with Gasteiger partial charge in [0.25, 0.3) is 0 Å². The van der Waals surface area contributed by atoms with Crippen LogP contribution in [-0.4, -0.2) is 21.0 Å². The van der Waals surface area contributed by atoms with Gasteiger partial charge in [0.05, 0.1) is 0 Å². The number of rotatable bonds is 4. The van der Waals surface area contributed by atoms with Crippen LogP contribution >= 0.6 is 15.9 Å². The van der Waals surface area contributed by atoms with Crippen LogP contribution in [0.15, 0.2) is 34.8 Å². The number of anilines is 1. The number of hydrogen-bond acceptors (Lipinski definition) is 4. The SMILES string of the molecule is Cc1cc(C(=O)O)nc(NCc2ccccc2Br)n1. The van der Waals surface area contributed by atoms with E-state index in [4.69, 9.17) is 5.11 Å². The van der Waals surface area contributed by atoms with Crippen LogP contribution in [-0.2, 0) is 6.54 Å². The van der Waals surface area contributed by atoms with Gasteiger partial charge in [0.15, 0.2) is 5.69 Å².